The van der Waals surface area contributed by atoms with Crippen molar-refractivity contribution in [2.45, 2.75) is 18.4 Å². The summed E-state index contributed by atoms with van der Waals surface area (Å²) < 4.78 is 30.9. The standard InChI is InChI=1S/C20H20ClN3O4S2/c1-13-4-6-14(7-5-13)22-20-23-15(12-29-20)11-28-19(25)17-10-16(8-9-18(17)21)30(26,27)24(2)3/h4-10,12H,11H2,1-3H3,(H,22,23). The van der Waals surface area contributed by atoms with Crippen LogP contribution in [0.4, 0.5) is 10.8 Å². The van der Waals surface area contributed by atoms with E-state index in [4.69, 9.17) is 16.3 Å². The van der Waals surface area contributed by atoms with E-state index in [1.807, 2.05) is 31.2 Å². The summed E-state index contributed by atoms with van der Waals surface area (Å²) in [7, 11) is -0.880. The second-order valence-corrected chi connectivity index (χ2v) is 10.1. The minimum atomic E-state index is -3.70. The van der Waals surface area contributed by atoms with Crippen molar-refractivity contribution < 1.29 is 17.9 Å². The van der Waals surface area contributed by atoms with Gasteiger partial charge in [-0.05, 0) is 37.3 Å². The molecule has 0 spiro atoms. The number of sulfonamides is 1. The molecule has 1 heterocycles. The molecular formula is C20H20ClN3O4S2. The van der Waals surface area contributed by atoms with E-state index in [0.29, 0.717) is 10.8 Å². The van der Waals surface area contributed by atoms with Gasteiger partial charge >= 0.3 is 5.97 Å². The molecule has 1 N–H and O–H groups in total. The number of halogens is 1. The normalized spacial score (nSPS) is 11.5. The van der Waals surface area contributed by atoms with E-state index in [9.17, 15) is 13.2 Å². The van der Waals surface area contributed by atoms with Crippen LogP contribution in [0.5, 0.6) is 0 Å². The van der Waals surface area contributed by atoms with Gasteiger partial charge in [0, 0.05) is 25.2 Å². The summed E-state index contributed by atoms with van der Waals surface area (Å²) in [5, 5.41) is 5.74. The van der Waals surface area contributed by atoms with Crippen LogP contribution in [-0.2, 0) is 21.4 Å². The van der Waals surface area contributed by atoms with E-state index in [0.717, 1.165) is 15.6 Å². The molecule has 0 radical (unpaired) electrons. The van der Waals surface area contributed by atoms with Crippen LogP contribution < -0.4 is 5.32 Å². The van der Waals surface area contributed by atoms with Gasteiger partial charge in [-0.1, -0.05) is 29.3 Å². The van der Waals surface area contributed by atoms with Gasteiger partial charge in [-0.15, -0.1) is 11.3 Å². The summed E-state index contributed by atoms with van der Waals surface area (Å²) in [6, 6.07) is 11.8. The first-order chi connectivity index (χ1) is 14.2. The molecule has 0 aliphatic rings. The molecule has 0 saturated carbocycles. The number of aryl methyl sites for hydroxylation is 1. The van der Waals surface area contributed by atoms with Gasteiger partial charge in [0.15, 0.2) is 5.13 Å². The van der Waals surface area contributed by atoms with Crippen molar-refractivity contribution in [2.75, 3.05) is 19.4 Å². The maximum Gasteiger partial charge on any atom is 0.340 e. The topological polar surface area (TPSA) is 88.6 Å². The number of anilines is 2. The Morgan fingerprint density at radius 2 is 1.90 bits per heavy atom. The zero-order chi connectivity index (χ0) is 21.9. The molecule has 7 nitrogen and oxygen atoms in total. The Bertz CT molecular complexity index is 1160. The molecular weight excluding hydrogens is 446 g/mol. The van der Waals surface area contributed by atoms with E-state index in [1.54, 1.807) is 5.38 Å². The van der Waals surface area contributed by atoms with E-state index < -0.39 is 16.0 Å². The fourth-order valence-corrected chi connectivity index (χ4v) is 4.28. The smallest absolute Gasteiger partial charge is 0.340 e. The first-order valence-electron chi connectivity index (χ1n) is 8.84. The number of hydrogen-bond acceptors (Lipinski definition) is 7. The minimum absolute atomic E-state index is 0.0205. The number of thiazole rings is 1. The van der Waals surface area contributed by atoms with Crippen molar-refractivity contribution in [2.24, 2.45) is 0 Å². The number of hydrogen-bond donors (Lipinski definition) is 1. The average molecular weight is 466 g/mol. The van der Waals surface area contributed by atoms with Crippen LogP contribution in [0, 0.1) is 6.92 Å². The highest BCUT2D eigenvalue weighted by molar-refractivity contribution is 7.89. The largest absolute Gasteiger partial charge is 0.456 e. The van der Waals surface area contributed by atoms with E-state index in [-0.39, 0.29) is 22.1 Å². The number of nitrogens with one attached hydrogen (secondary N) is 1. The van der Waals surface area contributed by atoms with Crippen LogP contribution in [0.3, 0.4) is 0 Å². The minimum Gasteiger partial charge on any atom is -0.456 e. The Morgan fingerprint density at radius 3 is 2.57 bits per heavy atom. The lowest BCUT2D eigenvalue weighted by Crippen LogP contribution is -2.22. The molecule has 1 aromatic heterocycles. The van der Waals surface area contributed by atoms with Crippen LogP contribution in [0.1, 0.15) is 21.6 Å². The molecule has 0 atom stereocenters. The van der Waals surface area contributed by atoms with Crippen molar-refractivity contribution in [1.29, 1.82) is 0 Å². The van der Waals surface area contributed by atoms with Crippen LogP contribution in [0.15, 0.2) is 52.7 Å². The monoisotopic (exact) mass is 465 g/mol. The third-order valence-electron chi connectivity index (χ3n) is 4.14. The SMILES string of the molecule is Cc1ccc(Nc2nc(COC(=O)c3cc(S(=O)(=O)N(C)C)ccc3Cl)cs2)cc1. The molecule has 0 unspecified atom stereocenters. The van der Waals surface area contributed by atoms with Gasteiger partial charge in [-0.3, -0.25) is 0 Å². The van der Waals surface area contributed by atoms with Crippen LogP contribution in [0.25, 0.3) is 0 Å². The quantitative estimate of drug-likeness (QED) is 0.518. The van der Waals surface area contributed by atoms with Gasteiger partial charge < -0.3 is 10.1 Å². The molecule has 0 amide bonds. The van der Waals surface area contributed by atoms with Crippen LogP contribution in [-0.4, -0.2) is 37.8 Å². The Labute approximate surface area is 184 Å². The highest BCUT2D eigenvalue weighted by Crippen LogP contribution is 2.24. The second-order valence-electron chi connectivity index (χ2n) is 6.64. The Balaban J connectivity index is 1.67. The lowest BCUT2D eigenvalue weighted by molar-refractivity contribution is 0.0468. The molecule has 30 heavy (non-hydrogen) atoms. The Morgan fingerprint density at radius 1 is 1.20 bits per heavy atom. The summed E-state index contributed by atoms with van der Waals surface area (Å²) >= 11 is 7.46. The first-order valence-corrected chi connectivity index (χ1v) is 11.5. The molecule has 3 rings (SSSR count). The highest BCUT2D eigenvalue weighted by Gasteiger charge is 2.21. The number of rotatable bonds is 7. The van der Waals surface area contributed by atoms with Crippen molar-refractivity contribution >= 4 is 49.7 Å². The third kappa shape index (κ3) is 5.17. The van der Waals surface area contributed by atoms with Gasteiger partial charge in [0.1, 0.15) is 6.61 Å². The number of ether oxygens (including phenoxy) is 1. The van der Waals surface area contributed by atoms with Crippen molar-refractivity contribution in [3.8, 4) is 0 Å². The lowest BCUT2D eigenvalue weighted by atomic mass is 10.2. The molecule has 0 fully saturated rings. The summed E-state index contributed by atoms with van der Waals surface area (Å²) in [6.45, 7) is 1.95. The molecule has 2 aromatic carbocycles. The number of carbonyl (C=O) groups excluding carboxylic acids is 1. The Kier molecular flexibility index (Phi) is 6.77. The summed E-state index contributed by atoms with van der Waals surface area (Å²) in [4.78, 5) is 16.8. The van der Waals surface area contributed by atoms with Crippen LogP contribution in [0.2, 0.25) is 5.02 Å². The number of nitrogens with zero attached hydrogens (tertiary/aromatic N) is 2. The predicted octanol–water partition coefficient (Wildman–Crippen LogP) is 4.46. The van der Waals surface area contributed by atoms with Crippen molar-refractivity contribution in [1.82, 2.24) is 9.29 Å². The number of aromatic nitrogens is 1. The zero-order valence-corrected chi connectivity index (χ0v) is 18.9. The summed E-state index contributed by atoms with van der Waals surface area (Å²) in [6.07, 6.45) is 0. The molecule has 0 aliphatic heterocycles. The van der Waals surface area contributed by atoms with Gasteiger partial charge in [-0.25, -0.2) is 22.5 Å². The third-order valence-corrected chi connectivity index (χ3v) is 7.09. The number of esters is 1. The maximum atomic E-state index is 12.5. The van der Waals surface area contributed by atoms with E-state index in [1.165, 1.54) is 43.6 Å². The van der Waals surface area contributed by atoms with Crippen molar-refractivity contribution in [3.05, 3.63) is 69.7 Å². The van der Waals surface area contributed by atoms with Crippen LogP contribution >= 0.6 is 22.9 Å². The highest BCUT2D eigenvalue weighted by atomic mass is 35.5. The number of carbonyl (C=O) groups is 1. The lowest BCUT2D eigenvalue weighted by Gasteiger charge is -2.13. The number of benzene rings is 2. The van der Waals surface area contributed by atoms with E-state index >= 15 is 0 Å². The van der Waals surface area contributed by atoms with Crippen molar-refractivity contribution in [3.63, 3.8) is 0 Å². The first kappa shape index (κ1) is 22.2. The molecule has 0 bridgehead atoms. The summed E-state index contributed by atoms with van der Waals surface area (Å²) in [5.74, 6) is -0.725. The maximum absolute atomic E-state index is 12.5. The zero-order valence-electron chi connectivity index (χ0n) is 16.5. The fraction of sp³-hybridized carbons (Fsp3) is 0.200. The van der Waals surface area contributed by atoms with Gasteiger partial charge in [0.2, 0.25) is 10.0 Å². The summed E-state index contributed by atoms with van der Waals surface area (Å²) in [5.41, 5.74) is 2.61. The molecule has 158 valence electrons. The van der Waals surface area contributed by atoms with E-state index in [2.05, 4.69) is 10.3 Å². The molecule has 3 aromatic rings. The predicted molar refractivity (Wildman–Crippen MR) is 118 cm³/mol. The van der Waals surface area contributed by atoms with Gasteiger partial charge in [0.05, 0.1) is 21.2 Å². The fourth-order valence-electron chi connectivity index (χ4n) is 2.44. The molecule has 10 heteroatoms. The second kappa shape index (κ2) is 9.13. The molecule has 0 aliphatic carbocycles. The van der Waals surface area contributed by atoms with Gasteiger partial charge in [-0.2, -0.15) is 0 Å². The average Bonchev–Trinajstić information content (AvgIpc) is 3.15. The van der Waals surface area contributed by atoms with Gasteiger partial charge in [0.25, 0.3) is 0 Å². The molecule has 0 saturated heterocycles. The Hall–Kier alpha value is -2.46.